The van der Waals surface area contributed by atoms with E-state index in [-0.39, 0.29) is 5.78 Å². The number of ketones is 1. The second-order valence-electron chi connectivity index (χ2n) is 5.86. The van der Waals surface area contributed by atoms with E-state index in [1.165, 1.54) is 0 Å². The van der Waals surface area contributed by atoms with Gasteiger partial charge in [-0.3, -0.25) is 9.69 Å². The lowest BCUT2D eigenvalue weighted by atomic mass is 10.0. The Hall–Kier alpha value is -1.19. The minimum Gasteiger partial charge on any atom is -0.389 e. The van der Waals surface area contributed by atoms with Gasteiger partial charge in [0.05, 0.1) is 12.1 Å². The van der Waals surface area contributed by atoms with Crippen LogP contribution < -0.4 is 0 Å². The van der Waals surface area contributed by atoms with Gasteiger partial charge in [-0.1, -0.05) is 30.7 Å². The predicted molar refractivity (Wildman–Crippen MR) is 78.7 cm³/mol. The Labute approximate surface area is 116 Å². The van der Waals surface area contributed by atoms with Gasteiger partial charge >= 0.3 is 0 Å². The zero-order chi connectivity index (χ0) is 14.6. The highest BCUT2D eigenvalue weighted by atomic mass is 16.3. The third-order valence-electron chi connectivity index (χ3n) is 3.11. The Morgan fingerprint density at radius 2 is 1.95 bits per heavy atom. The molecule has 0 atom stereocenters. The van der Waals surface area contributed by atoms with Crippen LogP contribution in [0.2, 0.25) is 0 Å². The van der Waals surface area contributed by atoms with Gasteiger partial charge in [0.15, 0.2) is 5.78 Å². The largest absolute Gasteiger partial charge is 0.389 e. The highest BCUT2D eigenvalue weighted by molar-refractivity contribution is 5.98. The summed E-state index contributed by atoms with van der Waals surface area (Å²) in [6.45, 7) is 11.1. The lowest BCUT2D eigenvalue weighted by Crippen LogP contribution is -2.41. The summed E-state index contributed by atoms with van der Waals surface area (Å²) in [5, 5.41) is 9.84. The Balaban J connectivity index is 2.77. The number of hydrogen-bond donors (Lipinski definition) is 1. The summed E-state index contributed by atoms with van der Waals surface area (Å²) in [4.78, 5) is 14.3. The third-order valence-corrected chi connectivity index (χ3v) is 3.11. The van der Waals surface area contributed by atoms with E-state index >= 15 is 0 Å². The van der Waals surface area contributed by atoms with Gasteiger partial charge in [-0.05, 0) is 39.8 Å². The topological polar surface area (TPSA) is 40.5 Å². The van der Waals surface area contributed by atoms with Gasteiger partial charge in [-0.2, -0.15) is 0 Å². The summed E-state index contributed by atoms with van der Waals surface area (Å²) in [6.07, 6.45) is 0. The molecule has 0 aliphatic carbocycles. The van der Waals surface area contributed by atoms with Crippen molar-refractivity contribution in [2.45, 2.75) is 40.2 Å². The molecule has 0 unspecified atom stereocenters. The van der Waals surface area contributed by atoms with Gasteiger partial charge in [0.2, 0.25) is 0 Å². The molecule has 0 bridgehead atoms. The predicted octanol–water partition coefficient (Wildman–Crippen LogP) is 2.58. The van der Waals surface area contributed by atoms with Gasteiger partial charge in [0.25, 0.3) is 0 Å². The molecule has 0 saturated carbocycles. The number of Topliss-reactive ketones (excluding diaryl/α,β-unsaturated/α-hetero) is 1. The van der Waals surface area contributed by atoms with Crippen LogP contribution in [0.5, 0.6) is 0 Å². The molecule has 1 aromatic carbocycles. The fraction of sp³-hybridized carbons (Fsp3) is 0.562. The average molecular weight is 263 g/mol. The highest BCUT2D eigenvalue weighted by Gasteiger charge is 2.20. The van der Waals surface area contributed by atoms with E-state index in [1.807, 2.05) is 43.9 Å². The van der Waals surface area contributed by atoms with Crippen molar-refractivity contribution in [3.05, 3.63) is 34.9 Å². The smallest absolute Gasteiger partial charge is 0.177 e. The Morgan fingerprint density at radius 3 is 2.42 bits per heavy atom. The van der Waals surface area contributed by atoms with E-state index in [4.69, 9.17) is 0 Å². The van der Waals surface area contributed by atoms with Gasteiger partial charge in [0.1, 0.15) is 0 Å². The maximum atomic E-state index is 12.3. The van der Waals surface area contributed by atoms with Crippen molar-refractivity contribution < 1.29 is 9.90 Å². The maximum Gasteiger partial charge on any atom is 0.177 e. The number of hydrogen-bond acceptors (Lipinski definition) is 3. The monoisotopic (exact) mass is 263 g/mol. The quantitative estimate of drug-likeness (QED) is 0.802. The molecule has 0 aliphatic rings. The molecule has 0 amide bonds. The molecule has 0 heterocycles. The molecular formula is C16H25NO2. The fourth-order valence-corrected chi connectivity index (χ4v) is 2.24. The van der Waals surface area contributed by atoms with Gasteiger partial charge in [-0.15, -0.1) is 0 Å². The van der Waals surface area contributed by atoms with Gasteiger partial charge in [0, 0.05) is 12.1 Å². The zero-order valence-corrected chi connectivity index (χ0v) is 12.7. The van der Waals surface area contributed by atoms with Crippen molar-refractivity contribution in [3.8, 4) is 0 Å². The Morgan fingerprint density at radius 1 is 1.32 bits per heavy atom. The maximum absolute atomic E-state index is 12.3. The first-order chi connectivity index (χ1) is 8.73. The molecule has 1 aromatic rings. The molecule has 19 heavy (non-hydrogen) atoms. The fourth-order valence-electron chi connectivity index (χ4n) is 2.24. The zero-order valence-electron chi connectivity index (χ0n) is 12.7. The lowest BCUT2D eigenvalue weighted by Gasteiger charge is -2.27. The van der Waals surface area contributed by atoms with Crippen LogP contribution in [0.4, 0.5) is 0 Å². The second-order valence-corrected chi connectivity index (χ2v) is 5.86. The highest BCUT2D eigenvalue weighted by Crippen LogP contribution is 2.13. The normalized spacial score (nSPS) is 11.9. The van der Waals surface area contributed by atoms with E-state index in [9.17, 15) is 9.90 Å². The van der Waals surface area contributed by atoms with E-state index in [2.05, 4.69) is 0 Å². The number of nitrogens with zero attached hydrogens (tertiary/aromatic N) is 1. The van der Waals surface area contributed by atoms with Crippen LogP contribution in [0.25, 0.3) is 0 Å². The van der Waals surface area contributed by atoms with Crippen LogP contribution in [0.3, 0.4) is 0 Å². The van der Waals surface area contributed by atoms with E-state index < -0.39 is 5.60 Å². The molecule has 0 fully saturated rings. The molecule has 0 aliphatic heterocycles. The summed E-state index contributed by atoms with van der Waals surface area (Å²) in [5.74, 6) is 0.114. The molecular weight excluding hydrogens is 238 g/mol. The Bertz CT molecular complexity index is 447. The van der Waals surface area contributed by atoms with Crippen LogP contribution in [-0.2, 0) is 0 Å². The van der Waals surface area contributed by atoms with Crippen LogP contribution in [0.1, 0.15) is 42.3 Å². The molecule has 1 N–H and O–H groups in total. The number of carbonyl (C=O) groups is 1. The van der Waals surface area contributed by atoms with Crippen molar-refractivity contribution in [3.63, 3.8) is 0 Å². The third kappa shape index (κ3) is 5.13. The van der Waals surface area contributed by atoms with Crippen molar-refractivity contribution in [2.75, 3.05) is 19.6 Å². The van der Waals surface area contributed by atoms with E-state index in [1.54, 1.807) is 13.8 Å². The molecule has 106 valence electrons. The summed E-state index contributed by atoms with van der Waals surface area (Å²) in [5.41, 5.74) is 2.18. The SMILES string of the molecule is CCN(CC(=O)c1ccc(C)cc1C)CC(C)(C)O. The summed E-state index contributed by atoms with van der Waals surface area (Å²) >= 11 is 0. The molecule has 1 rings (SSSR count). The van der Waals surface area contributed by atoms with Crippen LogP contribution in [0, 0.1) is 13.8 Å². The van der Waals surface area contributed by atoms with E-state index in [0.717, 1.165) is 23.2 Å². The lowest BCUT2D eigenvalue weighted by molar-refractivity contribution is 0.0376. The molecule has 3 nitrogen and oxygen atoms in total. The number of benzene rings is 1. The molecule has 3 heteroatoms. The van der Waals surface area contributed by atoms with Crippen LogP contribution >= 0.6 is 0 Å². The molecule has 0 radical (unpaired) electrons. The van der Waals surface area contributed by atoms with Crippen molar-refractivity contribution in [2.24, 2.45) is 0 Å². The number of aryl methyl sites for hydroxylation is 2. The summed E-state index contributed by atoms with van der Waals surface area (Å²) in [6, 6.07) is 5.89. The second kappa shape index (κ2) is 6.31. The first-order valence-electron chi connectivity index (χ1n) is 6.78. The van der Waals surface area contributed by atoms with Crippen molar-refractivity contribution in [1.82, 2.24) is 4.90 Å². The number of likely N-dealkylation sites (N-methyl/N-ethyl adjacent to an activating group) is 1. The van der Waals surface area contributed by atoms with Crippen molar-refractivity contribution >= 4 is 5.78 Å². The summed E-state index contributed by atoms with van der Waals surface area (Å²) in [7, 11) is 0. The first-order valence-corrected chi connectivity index (χ1v) is 6.78. The average Bonchev–Trinajstić information content (AvgIpc) is 2.25. The number of aliphatic hydroxyl groups is 1. The van der Waals surface area contributed by atoms with Crippen LogP contribution in [0.15, 0.2) is 18.2 Å². The van der Waals surface area contributed by atoms with Gasteiger partial charge < -0.3 is 5.11 Å². The molecule has 0 aromatic heterocycles. The standard InChI is InChI=1S/C16H25NO2/c1-6-17(11-16(4,5)19)10-15(18)14-8-7-12(2)9-13(14)3/h7-9,19H,6,10-11H2,1-5H3. The molecule has 0 spiro atoms. The Kier molecular flexibility index (Phi) is 5.27. The van der Waals surface area contributed by atoms with Gasteiger partial charge in [-0.25, -0.2) is 0 Å². The van der Waals surface area contributed by atoms with Crippen LogP contribution in [-0.4, -0.2) is 41.0 Å². The first kappa shape index (κ1) is 15.9. The minimum atomic E-state index is -0.779. The van der Waals surface area contributed by atoms with E-state index in [0.29, 0.717) is 13.1 Å². The number of carbonyl (C=O) groups excluding carboxylic acids is 1. The minimum absolute atomic E-state index is 0.114. The molecule has 0 saturated heterocycles. The van der Waals surface area contributed by atoms with Crippen molar-refractivity contribution in [1.29, 1.82) is 0 Å². The summed E-state index contributed by atoms with van der Waals surface area (Å²) < 4.78 is 0. The number of rotatable bonds is 6.